The Labute approximate surface area is 152 Å². The third-order valence-electron chi connectivity index (χ3n) is 4.49. The lowest BCUT2D eigenvalue weighted by molar-refractivity contribution is -0.148. The van der Waals surface area contributed by atoms with Crippen LogP contribution in [0.5, 0.6) is 0 Å². The van der Waals surface area contributed by atoms with E-state index in [1.54, 1.807) is 6.20 Å². The molecule has 1 N–H and O–H groups in total. The third kappa shape index (κ3) is 5.44. The second kappa shape index (κ2) is 9.17. The Bertz CT molecular complexity index is 720. The molecule has 0 spiro atoms. The number of ether oxygens (including phenoxy) is 1. The maximum absolute atomic E-state index is 11.8. The number of carbonyl (C=O) groups excluding carboxylic acids is 2. The summed E-state index contributed by atoms with van der Waals surface area (Å²) in [6.07, 6.45) is 7.65. The molecular formula is C20H24N2O4. The fourth-order valence-electron chi connectivity index (χ4n) is 3.11. The van der Waals surface area contributed by atoms with Crippen LogP contribution in [0.3, 0.4) is 0 Å². The number of oxazole rings is 1. The number of aryl methyl sites for hydroxylation is 1. The molecule has 0 radical (unpaired) electrons. The molecule has 0 saturated heterocycles. The van der Waals surface area contributed by atoms with Crippen molar-refractivity contribution in [2.75, 3.05) is 6.61 Å². The maximum atomic E-state index is 11.8. The lowest BCUT2D eigenvalue weighted by Gasteiger charge is -2.22. The summed E-state index contributed by atoms with van der Waals surface area (Å²) in [5.41, 5.74) is 0.938. The van der Waals surface area contributed by atoms with Gasteiger partial charge in [0.15, 0.2) is 18.3 Å². The second-order valence-electron chi connectivity index (χ2n) is 6.55. The molecule has 1 aromatic heterocycles. The highest BCUT2D eigenvalue weighted by atomic mass is 16.5. The zero-order valence-electron chi connectivity index (χ0n) is 14.8. The molecule has 1 aliphatic carbocycles. The van der Waals surface area contributed by atoms with E-state index in [4.69, 9.17) is 9.15 Å². The van der Waals surface area contributed by atoms with Crippen LogP contribution in [0.15, 0.2) is 40.9 Å². The summed E-state index contributed by atoms with van der Waals surface area (Å²) in [6.45, 7) is -0.226. The van der Waals surface area contributed by atoms with Gasteiger partial charge in [-0.1, -0.05) is 49.6 Å². The summed E-state index contributed by atoms with van der Waals surface area (Å²) in [4.78, 5) is 27.8. The lowest BCUT2D eigenvalue weighted by atomic mass is 9.95. The van der Waals surface area contributed by atoms with Crippen LogP contribution in [0, 0.1) is 0 Å². The van der Waals surface area contributed by atoms with E-state index < -0.39 is 5.97 Å². The highest BCUT2D eigenvalue weighted by molar-refractivity contribution is 5.80. The van der Waals surface area contributed by atoms with Gasteiger partial charge in [-0.3, -0.25) is 9.59 Å². The quantitative estimate of drug-likeness (QED) is 0.770. The Morgan fingerprint density at radius 3 is 2.69 bits per heavy atom. The summed E-state index contributed by atoms with van der Waals surface area (Å²) in [7, 11) is 0. The van der Waals surface area contributed by atoms with Gasteiger partial charge in [-0.05, 0) is 12.8 Å². The lowest BCUT2D eigenvalue weighted by Crippen LogP contribution is -2.38. The highest BCUT2D eigenvalue weighted by Gasteiger charge is 2.17. The van der Waals surface area contributed by atoms with Gasteiger partial charge in [0.2, 0.25) is 0 Å². The number of esters is 1. The van der Waals surface area contributed by atoms with E-state index in [9.17, 15) is 9.59 Å². The largest absolute Gasteiger partial charge is 0.456 e. The predicted octanol–water partition coefficient (Wildman–Crippen LogP) is 3.27. The molecule has 138 valence electrons. The van der Waals surface area contributed by atoms with Crippen molar-refractivity contribution in [2.45, 2.75) is 51.0 Å². The van der Waals surface area contributed by atoms with Crippen LogP contribution < -0.4 is 5.32 Å². The maximum Gasteiger partial charge on any atom is 0.306 e. The summed E-state index contributed by atoms with van der Waals surface area (Å²) < 4.78 is 10.7. The minimum absolute atomic E-state index is 0.130. The van der Waals surface area contributed by atoms with E-state index in [-0.39, 0.29) is 25.0 Å². The van der Waals surface area contributed by atoms with Crippen molar-refractivity contribution in [2.24, 2.45) is 0 Å². The highest BCUT2D eigenvalue weighted by Crippen LogP contribution is 2.20. The molecule has 1 saturated carbocycles. The molecule has 0 bridgehead atoms. The predicted molar refractivity (Wildman–Crippen MR) is 96.2 cm³/mol. The summed E-state index contributed by atoms with van der Waals surface area (Å²) in [5, 5.41) is 2.92. The van der Waals surface area contributed by atoms with Gasteiger partial charge in [0, 0.05) is 18.0 Å². The normalized spacial score (nSPS) is 14.8. The molecule has 3 rings (SSSR count). The zero-order chi connectivity index (χ0) is 18.2. The van der Waals surface area contributed by atoms with E-state index in [1.165, 1.54) is 6.42 Å². The minimum Gasteiger partial charge on any atom is -0.456 e. The molecule has 1 heterocycles. The average molecular weight is 356 g/mol. The first-order valence-corrected chi connectivity index (χ1v) is 9.16. The molecule has 1 aromatic carbocycles. The van der Waals surface area contributed by atoms with Crippen molar-refractivity contribution < 1.29 is 18.7 Å². The van der Waals surface area contributed by atoms with Crippen LogP contribution in [0.25, 0.3) is 11.3 Å². The number of benzene rings is 1. The first kappa shape index (κ1) is 18.2. The second-order valence-corrected chi connectivity index (χ2v) is 6.55. The van der Waals surface area contributed by atoms with Crippen LogP contribution in [-0.4, -0.2) is 29.5 Å². The zero-order valence-corrected chi connectivity index (χ0v) is 14.8. The van der Waals surface area contributed by atoms with Gasteiger partial charge in [0.1, 0.15) is 0 Å². The number of aromatic nitrogens is 1. The van der Waals surface area contributed by atoms with Crippen molar-refractivity contribution >= 4 is 11.9 Å². The molecule has 6 nitrogen and oxygen atoms in total. The molecule has 2 aromatic rings. The van der Waals surface area contributed by atoms with Gasteiger partial charge >= 0.3 is 5.97 Å². The van der Waals surface area contributed by atoms with Crippen molar-refractivity contribution in [3.63, 3.8) is 0 Å². The molecule has 0 unspecified atom stereocenters. The SMILES string of the molecule is O=C(COC(=O)CCc1ncc(-c2ccccc2)o1)NC1CCCCC1. The van der Waals surface area contributed by atoms with Crippen molar-refractivity contribution in [1.82, 2.24) is 10.3 Å². The number of rotatable bonds is 7. The Morgan fingerprint density at radius 2 is 1.92 bits per heavy atom. The molecule has 26 heavy (non-hydrogen) atoms. The van der Waals surface area contributed by atoms with Gasteiger partial charge < -0.3 is 14.5 Å². The fourth-order valence-corrected chi connectivity index (χ4v) is 3.11. The molecule has 1 fully saturated rings. The number of nitrogens with zero attached hydrogens (tertiary/aromatic N) is 1. The number of hydrogen-bond donors (Lipinski definition) is 1. The van der Waals surface area contributed by atoms with Gasteiger partial charge in [-0.15, -0.1) is 0 Å². The van der Waals surface area contributed by atoms with Gasteiger partial charge in [-0.2, -0.15) is 0 Å². The van der Waals surface area contributed by atoms with E-state index in [0.717, 1.165) is 31.2 Å². The third-order valence-corrected chi connectivity index (χ3v) is 4.49. The van der Waals surface area contributed by atoms with Crippen LogP contribution in [0.1, 0.15) is 44.4 Å². The number of amides is 1. The van der Waals surface area contributed by atoms with Crippen molar-refractivity contribution in [3.05, 3.63) is 42.4 Å². The Morgan fingerprint density at radius 1 is 1.15 bits per heavy atom. The number of carbonyl (C=O) groups is 2. The molecule has 0 aliphatic heterocycles. The van der Waals surface area contributed by atoms with Crippen LogP contribution in [-0.2, 0) is 20.7 Å². The number of nitrogens with one attached hydrogen (secondary N) is 1. The molecule has 1 amide bonds. The first-order chi connectivity index (χ1) is 12.7. The monoisotopic (exact) mass is 356 g/mol. The van der Waals surface area contributed by atoms with E-state index in [1.807, 2.05) is 30.3 Å². The summed E-state index contributed by atoms with van der Waals surface area (Å²) in [5.74, 6) is 0.490. The summed E-state index contributed by atoms with van der Waals surface area (Å²) >= 11 is 0. The van der Waals surface area contributed by atoms with Crippen LogP contribution >= 0.6 is 0 Å². The minimum atomic E-state index is -0.428. The molecule has 1 aliphatic rings. The fraction of sp³-hybridized carbons (Fsp3) is 0.450. The first-order valence-electron chi connectivity index (χ1n) is 9.16. The van der Waals surface area contributed by atoms with Crippen molar-refractivity contribution in [1.29, 1.82) is 0 Å². The van der Waals surface area contributed by atoms with E-state index in [2.05, 4.69) is 10.3 Å². The number of hydrogen-bond acceptors (Lipinski definition) is 5. The van der Waals surface area contributed by atoms with Gasteiger partial charge in [0.25, 0.3) is 5.91 Å². The Balaban J connectivity index is 1.37. The Hall–Kier alpha value is -2.63. The van der Waals surface area contributed by atoms with Crippen molar-refractivity contribution in [3.8, 4) is 11.3 Å². The van der Waals surface area contributed by atoms with Gasteiger partial charge in [-0.25, -0.2) is 4.98 Å². The molecule has 6 heteroatoms. The smallest absolute Gasteiger partial charge is 0.306 e. The molecular weight excluding hydrogens is 332 g/mol. The Kier molecular flexibility index (Phi) is 6.41. The van der Waals surface area contributed by atoms with Crippen LogP contribution in [0.4, 0.5) is 0 Å². The van der Waals surface area contributed by atoms with Gasteiger partial charge in [0.05, 0.1) is 12.6 Å². The molecule has 0 atom stereocenters. The van der Waals surface area contributed by atoms with E-state index >= 15 is 0 Å². The average Bonchev–Trinajstić information content (AvgIpc) is 3.15. The summed E-state index contributed by atoms with van der Waals surface area (Å²) in [6, 6.07) is 9.87. The van der Waals surface area contributed by atoms with E-state index in [0.29, 0.717) is 18.1 Å². The van der Waals surface area contributed by atoms with Crippen LogP contribution in [0.2, 0.25) is 0 Å². The topological polar surface area (TPSA) is 81.4 Å². The standard InChI is InChI=1S/C20H24N2O4/c23-18(22-16-9-5-2-6-10-16)14-25-20(24)12-11-19-21-13-17(26-19)15-7-3-1-4-8-15/h1,3-4,7-8,13,16H,2,5-6,9-12,14H2,(H,22,23).